The lowest BCUT2D eigenvalue weighted by atomic mass is 10.1. The van der Waals surface area contributed by atoms with Gasteiger partial charge in [-0.25, -0.2) is 4.99 Å². The van der Waals surface area contributed by atoms with Crippen molar-refractivity contribution in [3.63, 3.8) is 0 Å². The third-order valence-electron chi connectivity index (χ3n) is 3.33. The van der Waals surface area contributed by atoms with E-state index in [9.17, 15) is 4.79 Å². The zero-order valence-corrected chi connectivity index (χ0v) is 13.7. The number of ether oxygens (including phenoxy) is 1. The Hall–Kier alpha value is -1.56. The Balaban J connectivity index is 2.62. The van der Waals surface area contributed by atoms with Crippen LogP contribution < -0.4 is 5.32 Å². The van der Waals surface area contributed by atoms with Gasteiger partial charge in [0.1, 0.15) is 6.54 Å². The van der Waals surface area contributed by atoms with E-state index in [1.54, 1.807) is 19.0 Å². The minimum absolute atomic E-state index is 0.0118. The van der Waals surface area contributed by atoms with Crippen LogP contribution in [-0.4, -0.2) is 75.7 Å². The van der Waals surface area contributed by atoms with Gasteiger partial charge in [-0.15, -0.1) is 0 Å². The number of amides is 1. The Kier molecular flexibility index (Phi) is 7.22. The van der Waals surface area contributed by atoms with E-state index in [2.05, 4.69) is 21.8 Å². The fourth-order valence-corrected chi connectivity index (χ4v) is 2.03. The normalized spacial score (nSPS) is 18.5. The summed E-state index contributed by atoms with van der Waals surface area (Å²) in [6.45, 7) is 9.15. The molecule has 1 aliphatic rings. The lowest BCUT2D eigenvalue weighted by Crippen LogP contribution is -2.42. The first-order valence-electron chi connectivity index (χ1n) is 7.32. The molecule has 1 fully saturated rings. The van der Waals surface area contributed by atoms with Crippen molar-refractivity contribution < 1.29 is 9.53 Å². The predicted octanol–water partition coefficient (Wildman–Crippen LogP) is 0.565. The number of nitrogens with zero attached hydrogens (tertiary/aromatic N) is 3. The largest absolute Gasteiger partial charge is 0.381 e. The Morgan fingerprint density at radius 2 is 2.14 bits per heavy atom. The second kappa shape index (κ2) is 8.67. The average Bonchev–Trinajstić information content (AvgIpc) is 2.90. The number of carbonyl (C=O) groups is 1. The molecule has 0 bridgehead atoms. The van der Waals surface area contributed by atoms with Crippen LogP contribution in [-0.2, 0) is 9.53 Å². The highest BCUT2D eigenvalue weighted by atomic mass is 16.5. The van der Waals surface area contributed by atoms with Gasteiger partial charge in [0, 0.05) is 46.8 Å². The van der Waals surface area contributed by atoms with Crippen molar-refractivity contribution in [3.8, 4) is 0 Å². The summed E-state index contributed by atoms with van der Waals surface area (Å²) < 4.78 is 5.40. The van der Waals surface area contributed by atoms with E-state index in [1.165, 1.54) is 0 Å². The number of carbonyl (C=O) groups excluding carboxylic acids is 1. The van der Waals surface area contributed by atoms with E-state index < -0.39 is 0 Å². The van der Waals surface area contributed by atoms with Crippen LogP contribution >= 0.6 is 0 Å². The zero-order valence-electron chi connectivity index (χ0n) is 13.7. The Morgan fingerprint density at radius 3 is 2.67 bits per heavy atom. The van der Waals surface area contributed by atoms with Crippen molar-refractivity contribution in [1.29, 1.82) is 0 Å². The monoisotopic (exact) mass is 296 g/mol. The van der Waals surface area contributed by atoms with Crippen molar-refractivity contribution in [2.45, 2.75) is 13.3 Å². The molecule has 1 aliphatic heterocycles. The highest BCUT2D eigenvalue weighted by molar-refractivity contribution is 5.84. The summed E-state index contributed by atoms with van der Waals surface area (Å²) in [7, 11) is 5.46. The first-order valence-corrected chi connectivity index (χ1v) is 7.32. The molecule has 0 saturated carbocycles. The molecule has 1 saturated heterocycles. The summed E-state index contributed by atoms with van der Waals surface area (Å²) in [4.78, 5) is 19.7. The fraction of sp³-hybridized carbons (Fsp3) is 0.733. The van der Waals surface area contributed by atoms with Gasteiger partial charge < -0.3 is 19.9 Å². The summed E-state index contributed by atoms with van der Waals surface area (Å²) in [5, 5.41) is 3.25. The van der Waals surface area contributed by atoms with Crippen molar-refractivity contribution >= 4 is 11.9 Å². The maximum absolute atomic E-state index is 11.7. The average molecular weight is 296 g/mol. The van der Waals surface area contributed by atoms with E-state index in [0.717, 1.165) is 37.7 Å². The predicted molar refractivity (Wildman–Crippen MR) is 85.4 cm³/mol. The minimum atomic E-state index is -0.0118. The number of rotatable bonds is 6. The van der Waals surface area contributed by atoms with Crippen LogP contribution in [0.25, 0.3) is 0 Å². The zero-order chi connectivity index (χ0) is 15.8. The Morgan fingerprint density at radius 1 is 1.43 bits per heavy atom. The van der Waals surface area contributed by atoms with Gasteiger partial charge in [0.25, 0.3) is 0 Å². The summed E-state index contributed by atoms with van der Waals surface area (Å²) in [6, 6.07) is 0. The highest BCUT2D eigenvalue weighted by Gasteiger charge is 2.19. The first kappa shape index (κ1) is 17.5. The topological polar surface area (TPSA) is 57.2 Å². The molecule has 1 heterocycles. The van der Waals surface area contributed by atoms with Gasteiger partial charge in [0.05, 0.1) is 6.61 Å². The van der Waals surface area contributed by atoms with Crippen molar-refractivity contribution in [1.82, 2.24) is 15.1 Å². The molecule has 1 amide bonds. The Labute approximate surface area is 127 Å². The number of aliphatic imine (C=N–C) groups is 1. The van der Waals surface area contributed by atoms with Gasteiger partial charge in [0.2, 0.25) is 5.91 Å². The van der Waals surface area contributed by atoms with Gasteiger partial charge >= 0.3 is 0 Å². The molecule has 0 spiro atoms. The van der Waals surface area contributed by atoms with Crippen LogP contribution in [0.1, 0.15) is 13.3 Å². The van der Waals surface area contributed by atoms with E-state index in [-0.39, 0.29) is 12.5 Å². The van der Waals surface area contributed by atoms with Gasteiger partial charge in [-0.1, -0.05) is 12.2 Å². The summed E-state index contributed by atoms with van der Waals surface area (Å²) in [5.74, 6) is 1.25. The number of hydrogen-bond donors (Lipinski definition) is 1. The van der Waals surface area contributed by atoms with E-state index >= 15 is 0 Å². The quantitative estimate of drug-likeness (QED) is 0.442. The smallest absolute Gasteiger partial charge is 0.243 e. The highest BCUT2D eigenvalue weighted by Crippen LogP contribution is 2.13. The van der Waals surface area contributed by atoms with Gasteiger partial charge in [0.15, 0.2) is 5.96 Å². The van der Waals surface area contributed by atoms with Gasteiger partial charge in [-0.05, 0) is 13.3 Å². The Bertz CT molecular complexity index is 387. The summed E-state index contributed by atoms with van der Waals surface area (Å²) in [6.07, 6.45) is 1.08. The maximum Gasteiger partial charge on any atom is 0.243 e. The number of likely N-dealkylation sites (N-methyl/N-ethyl adjacent to an activating group) is 1. The van der Waals surface area contributed by atoms with E-state index in [0.29, 0.717) is 12.5 Å². The summed E-state index contributed by atoms with van der Waals surface area (Å²) >= 11 is 0. The third-order valence-corrected chi connectivity index (χ3v) is 3.33. The standard InChI is InChI=1S/C15H28N4O2/c1-12(2)8-16-15(17-9-14(20)18(3)4)19(5)10-13-6-7-21-11-13/h13H,1,6-11H2,2-5H3,(H,16,17). The molecule has 0 aromatic heterocycles. The first-order chi connectivity index (χ1) is 9.90. The van der Waals surface area contributed by atoms with Crippen LogP contribution in [0.2, 0.25) is 0 Å². The van der Waals surface area contributed by atoms with Crippen LogP contribution in [0.15, 0.2) is 17.1 Å². The molecule has 6 nitrogen and oxygen atoms in total. The number of hydrogen-bond acceptors (Lipinski definition) is 3. The molecule has 1 rings (SSSR count). The molecule has 120 valence electrons. The molecule has 0 aromatic carbocycles. The molecule has 0 aromatic rings. The molecular formula is C15H28N4O2. The summed E-state index contributed by atoms with van der Waals surface area (Å²) in [5.41, 5.74) is 1.03. The number of guanidine groups is 1. The van der Waals surface area contributed by atoms with Crippen LogP contribution in [0.5, 0.6) is 0 Å². The number of nitrogens with one attached hydrogen (secondary N) is 1. The molecular weight excluding hydrogens is 268 g/mol. The molecule has 1 unspecified atom stereocenters. The second-order valence-electron chi connectivity index (χ2n) is 5.85. The maximum atomic E-state index is 11.7. The molecule has 21 heavy (non-hydrogen) atoms. The van der Waals surface area contributed by atoms with E-state index in [1.807, 2.05) is 14.0 Å². The fourth-order valence-electron chi connectivity index (χ4n) is 2.03. The van der Waals surface area contributed by atoms with Crippen molar-refractivity contribution in [3.05, 3.63) is 12.2 Å². The minimum Gasteiger partial charge on any atom is -0.381 e. The molecule has 0 radical (unpaired) electrons. The lowest BCUT2D eigenvalue weighted by Gasteiger charge is -2.25. The van der Waals surface area contributed by atoms with Crippen LogP contribution in [0.3, 0.4) is 0 Å². The van der Waals surface area contributed by atoms with Crippen molar-refractivity contribution in [2.75, 3.05) is 54.0 Å². The van der Waals surface area contributed by atoms with Crippen LogP contribution in [0.4, 0.5) is 0 Å². The van der Waals surface area contributed by atoms with Gasteiger partial charge in [-0.3, -0.25) is 4.79 Å². The molecule has 6 heteroatoms. The third kappa shape index (κ3) is 6.62. The molecule has 1 N–H and O–H groups in total. The SMILES string of the molecule is C=C(C)CNC(=NCC(=O)N(C)C)N(C)CC1CCOC1. The van der Waals surface area contributed by atoms with Gasteiger partial charge in [-0.2, -0.15) is 0 Å². The second-order valence-corrected chi connectivity index (χ2v) is 5.85. The molecule has 0 aliphatic carbocycles. The lowest BCUT2D eigenvalue weighted by molar-refractivity contribution is -0.127. The molecule has 1 atom stereocenters. The van der Waals surface area contributed by atoms with E-state index in [4.69, 9.17) is 4.74 Å². The van der Waals surface area contributed by atoms with Crippen molar-refractivity contribution in [2.24, 2.45) is 10.9 Å². The van der Waals surface area contributed by atoms with Crippen LogP contribution in [0, 0.1) is 5.92 Å².